The lowest BCUT2D eigenvalue weighted by molar-refractivity contribution is -0.383. The van der Waals surface area contributed by atoms with Gasteiger partial charge in [0.15, 0.2) is 0 Å². The number of hydrogen-bond acceptors (Lipinski definition) is 4. The van der Waals surface area contributed by atoms with Crippen molar-refractivity contribution in [1.29, 1.82) is 0 Å². The topological polar surface area (TPSA) is 98.5 Å². The summed E-state index contributed by atoms with van der Waals surface area (Å²) in [6.45, 7) is 0.304. The molecule has 0 aliphatic rings. The second-order valence-corrected chi connectivity index (χ2v) is 4.52. The van der Waals surface area contributed by atoms with Gasteiger partial charge in [0.05, 0.1) is 27.9 Å². The number of carboxylic acids is 1. The summed E-state index contributed by atoms with van der Waals surface area (Å²) in [6, 6.07) is 7.92. The molecule has 7 nitrogen and oxygen atoms in total. The Morgan fingerprint density at radius 2 is 2.19 bits per heavy atom. The van der Waals surface area contributed by atoms with E-state index in [1.807, 2.05) is 0 Å². The largest absolute Gasteiger partial charge is 0.478 e. The summed E-state index contributed by atoms with van der Waals surface area (Å²) in [7, 11) is 0. The van der Waals surface area contributed by atoms with E-state index in [-0.39, 0.29) is 11.3 Å². The molecule has 0 spiro atoms. The van der Waals surface area contributed by atoms with Crippen LogP contribution in [0.2, 0.25) is 0 Å². The molecule has 1 N–H and O–H groups in total. The minimum absolute atomic E-state index is 0.0388. The minimum Gasteiger partial charge on any atom is -0.478 e. The Morgan fingerprint density at radius 3 is 2.86 bits per heavy atom. The van der Waals surface area contributed by atoms with E-state index in [0.717, 1.165) is 0 Å². The molecule has 3 rings (SSSR count). The first-order valence-electron chi connectivity index (χ1n) is 6.09. The SMILES string of the molecule is O=C(O)c1coc(Cn2ccc3c([N+](=O)[O-])cccc32)c1. The van der Waals surface area contributed by atoms with Crippen LogP contribution in [0.25, 0.3) is 10.9 Å². The maximum Gasteiger partial charge on any atom is 0.338 e. The third kappa shape index (κ3) is 2.25. The molecular formula is C14H10N2O5. The Kier molecular flexibility index (Phi) is 2.94. The van der Waals surface area contributed by atoms with Gasteiger partial charge < -0.3 is 14.1 Å². The van der Waals surface area contributed by atoms with Crippen LogP contribution >= 0.6 is 0 Å². The maximum absolute atomic E-state index is 11.0. The number of nitro benzene ring substituents is 1. The number of carbonyl (C=O) groups is 1. The first-order chi connectivity index (χ1) is 10.1. The van der Waals surface area contributed by atoms with Crippen molar-refractivity contribution in [2.24, 2.45) is 0 Å². The second kappa shape index (κ2) is 4.78. The lowest BCUT2D eigenvalue weighted by Gasteiger charge is -2.02. The van der Waals surface area contributed by atoms with Crippen LogP contribution in [0.1, 0.15) is 16.1 Å². The Bertz CT molecular complexity index is 846. The smallest absolute Gasteiger partial charge is 0.338 e. The zero-order valence-electron chi connectivity index (χ0n) is 10.7. The summed E-state index contributed by atoms with van der Waals surface area (Å²) in [5.41, 5.74) is 0.807. The number of aromatic carboxylic acids is 1. The van der Waals surface area contributed by atoms with Crippen molar-refractivity contribution in [3.05, 3.63) is 64.2 Å². The Morgan fingerprint density at radius 1 is 1.38 bits per heavy atom. The van der Waals surface area contributed by atoms with Crippen LogP contribution in [0.15, 0.2) is 47.2 Å². The standard InChI is InChI=1S/C14H10N2O5/c17-14(18)9-6-10(21-8-9)7-15-5-4-11-12(15)2-1-3-13(11)16(19)20/h1-6,8H,7H2,(H,17,18). The van der Waals surface area contributed by atoms with E-state index < -0.39 is 10.9 Å². The Hall–Kier alpha value is -3.09. The highest BCUT2D eigenvalue weighted by Crippen LogP contribution is 2.26. The molecule has 3 aromatic rings. The van der Waals surface area contributed by atoms with Gasteiger partial charge in [-0.2, -0.15) is 0 Å². The normalized spacial score (nSPS) is 10.9. The number of non-ortho nitro benzene ring substituents is 1. The Balaban J connectivity index is 1.99. The second-order valence-electron chi connectivity index (χ2n) is 4.52. The van der Waals surface area contributed by atoms with E-state index in [1.165, 1.54) is 18.4 Å². The van der Waals surface area contributed by atoms with Crippen molar-refractivity contribution in [1.82, 2.24) is 4.57 Å². The number of furan rings is 1. The van der Waals surface area contributed by atoms with Crippen molar-refractivity contribution >= 4 is 22.6 Å². The van der Waals surface area contributed by atoms with E-state index in [9.17, 15) is 14.9 Å². The summed E-state index contributed by atoms with van der Waals surface area (Å²) in [6.07, 6.45) is 2.88. The first kappa shape index (κ1) is 12.9. The molecule has 0 atom stereocenters. The molecular weight excluding hydrogens is 276 g/mol. The third-order valence-electron chi connectivity index (χ3n) is 3.21. The van der Waals surface area contributed by atoms with Crippen LogP contribution in [0.4, 0.5) is 5.69 Å². The molecule has 0 radical (unpaired) electrons. The zero-order chi connectivity index (χ0) is 15.0. The number of hydrogen-bond donors (Lipinski definition) is 1. The minimum atomic E-state index is -1.06. The molecule has 0 unspecified atom stereocenters. The van der Waals surface area contributed by atoms with E-state index in [0.29, 0.717) is 23.2 Å². The average molecular weight is 286 g/mol. The summed E-state index contributed by atoms with van der Waals surface area (Å²) in [4.78, 5) is 21.4. The number of rotatable bonds is 4. The molecule has 0 saturated carbocycles. The highest BCUT2D eigenvalue weighted by atomic mass is 16.6. The summed E-state index contributed by atoms with van der Waals surface area (Å²) < 4.78 is 6.96. The number of nitrogens with zero attached hydrogens (tertiary/aromatic N) is 2. The molecule has 7 heteroatoms. The van der Waals surface area contributed by atoms with Crippen LogP contribution in [0.3, 0.4) is 0 Å². The quantitative estimate of drug-likeness (QED) is 0.587. The average Bonchev–Trinajstić information content (AvgIpc) is 3.06. The molecule has 0 bridgehead atoms. The van der Waals surface area contributed by atoms with Crippen LogP contribution in [0, 0.1) is 10.1 Å². The number of fused-ring (bicyclic) bond motifs is 1. The third-order valence-corrected chi connectivity index (χ3v) is 3.21. The van der Waals surface area contributed by atoms with Gasteiger partial charge in [-0.05, 0) is 18.2 Å². The fourth-order valence-corrected chi connectivity index (χ4v) is 2.25. The zero-order valence-corrected chi connectivity index (χ0v) is 10.7. The maximum atomic E-state index is 11.0. The van der Waals surface area contributed by atoms with Gasteiger partial charge in [-0.25, -0.2) is 4.79 Å². The van der Waals surface area contributed by atoms with Crippen molar-refractivity contribution in [3.63, 3.8) is 0 Å². The molecule has 0 aliphatic carbocycles. The predicted octanol–water partition coefficient (Wildman–Crippen LogP) is 2.89. The summed E-state index contributed by atoms with van der Waals surface area (Å²) in [5, 5.41) is 20.4. The van der Waals surface area contributed by atoms with Crippen molar-refractivity contribution in [3.8, 4) is 0 Å². The predicted molar refractivity (Wildman–Crippen MR) is 73.4 cm³/mol. The van der Waals surface area contributed by atoms with Crippen LogP contribution in [-0.4, -0.2) is 20.6 Å². The summed E-state index contributed by atoms with van der Waals surface area (Å²) in [5.74, 6) is -0.589. The number of benzene rings is 1. The Labute approximate surface area is 118 Å². The molecule has 0 aliphatic heterocycles. The van der Waals surface area contributed by atoms with E-state index in [2.05, 4.69) is 0 Å². The van der Waals surface area contributed by atoms with Crippen molar-refractivity contribution in [2.45, 2.75) is 6.54 Å². The molecule has 106 valence electrons. The molecule has 1 aromatic carbocycles. The van der Waals surface area contributed by atoms with Crippen molar-refractivity contribution < 1.29 is 19.2 Å². The number of carboxylic acid groups (broad SMARTS) is 1. The van der Waals surface area contributed by atoms with Gasteiger partial charge in [-0.3, -0.25) is 10.1 Å². The van der Waals surface area contributed by atoms with Gasteiger partial charge in [0, 0.05) is 12.3 Å². The summed E-state index contributed by atoms with van der Waals surface area (Å²) >= 11 is 0. The highest BCUT2D eigenvalue weighted by molar-refractivity contribution is 5.89. The molecule has 0 fully saturated rings. The fourth-order valence-electron chi connectivity index (χ4n) is 2.25. The van der Waals surface area contributed by atoms with Crippen LogP contribution < -0.4 is 0 Å². The highest BCUT2D eigenvalue weighted by Gasteiger charge is 2.15. The lowest BCUT2D eigenvalue weighted by Crippen LogP contribution is -1.97. The molecule has 2 aromatic heterocycles. The van der Waals surface area contributed by atoms with Gasteiger partial charge in [0.1, 0.15) is 12.0 Å². The molecule has 2 heterocycles. The number of aromatic nitrogens is 1. The number of nitro groups is 1. The molecule has 0 saturated heterocycles. The van der Waals surface area contributed by atoms with Crippen molar-refractivity contribution in [2.75, 3.05) is 0 Å². The van der Waals surface area contributed by atoms with Crippen LogP contribution in [0.5, 0.6) is 0 Å². The first-order valence-corrected chi connectivity index (χ1v) is 6.09. The van der Waals surface area contributed by atoms with E-state index in [4.69, 9.17) is 9.52 Å². The van der Waals surface area contributed by atoms with Gasteiger partial charge in [0.25, 0.3) is 5.69 Å². The van der Waals surface area contributed by atoms with E-state index >= 15 is 0 Å². The van der Waals surface area contributed by atoms with Gasteiger partial charge in [-0.15, -0.1) is 0 Å². The van der Waals surface area contributed by atoms with Gasteiger partial charge in [0.2, 0.25) is 0 Å². The van der Waals surface area contributed by atoms with E-state index in [1.54, 1.807) is 29.0 Å². The fraction of sp³-hybridized carbons (Fsp3) is 0.0714. The monoisotopic (exact) mass is 286 g/mol. The lowest BCUT2D eigenvalue weighted by atomic mass is 10.2. The van der Waals surface area contributed by atoms with Gasteiger partial charge in [-0.1, -0.05) is 6.07 Å². The van der Waals surface area contributed by atoms with Gasteiger partial charge >= 0.3 is 5.97 Å². The molecule has 21 heavy (non-hydrogen) atoms. The van der Waals surface area contributed by atoms with Crippen LogP contribution in [-0.2, 0) is 6.54 Å². The molecule has 0 amide bonds.